The lowest BCUT2D eigenvalue weighted by atomic mass is 9.96. The molecule has 1 aliphatic rings. The number of nitrogens with zero attached hydrogens (tertiary/aromatic N) is 4. The Balaban J connectivity index is 1.72. The highest BCUT2D eigenvalue weighted by atomic mass is 16.2. The summed E-state index contributed by atoms with van der Waals surface area (Å²) < 4.78 is 2.29. The van der Waals surface area contributed by atoms with Crippen LogP contribution in [-0.2, 0) is 11.3 Å². The minimum absolute atomic E-state index is 0.302. The van der Waals surface area contributed by atoms with Crippen LogP contribution in [0.15, 0.2) is 30.7 Å². The highest BCUT2D eigenvalue weighted by Crippen LogP contribution is 2.24. The standard InChI is InChI=1S/C20H28N4O/c1-15(2)11-19(25)23-10-4-5-17(13-23)14-24-16(3)12-22-20(24)18-6-8-21-9-7-18/h6-9,12,15,17H,4-5,10-11,13-14H2,1-3H3. The summed E-state index contributed by atoms with van der Waals surface area (Å²) in [5, 5.41) is 0. The number of piperidine rings is 1. The summed E-state index contributed by atoms with van der Waals surface area (Å²) in [6.45, 7) is 8.99. The molecule has 1 aliphatic heterocycles. The number of carbonyl (C=O) groups excluding carboxylic acids is 1. The molecule has 5 nitrogen and oxygen atoms in total. The van der Waals surface area contributed by atoms with E-state index in [2.05, 4.69) is 40.2 Å². The summed E-state index contributed by atoms with van der Waals surface area (Å²) in [6.07, 6.45) is 8.44. The molecule has 1 fully saturated rings. The minimum atomic E-state index is 0.302. The Hall–Kier alpha value is -2.17. The Bertz CT molecular complexity index is 708. The maximum atomic E-state index is 12.4. The highest BCUT2D eigenvalue weighted by Gasteiger charge is 2.25. The van der Waals surface area contributed by atoms with Crippen molar-refractivity contribution in [3.05, 3.63) is 36.4 Å². The molecule has 25 heavy (non-hydrogen) atoms. The second-order valence-electron chi connectivity index (χ2n) is 7.52. The Morgan fingerprint density at radius 1 is 1.32 bits per heavy atom. The molecule has 2 aromatic heterocycles. The molecule has 134 valence electrons. The van der Waals surface area contributed by atoms with E-state index in [1.807, 2.05) is 18.3 Å². The van der Waals surface area contributed by atoms with Crippen molar-refractivity contribution in [1.82, 2.24) is 19.4 Å². The van der Waals surface area contributed by atoms with Crippen molar-refractivity contribution in [1.29, 1.82) is 0 Å². The molecule has 3 rings (SSSR count). The Morgan fingerprint density at radius 2 is 2.08 bits per heavy atom. The van der Waals surface area contributed by atoms with Crippen molar-refractivity contribution in [2.24, 2.45) is 11.8 Å². The maximum Gasteiger partial charge on any atom is 0.222 e. The monoisotopic (exact) mass is 340 g/mol. The van der Waals surface area contributed by atoms with Crippen LogP contribution in [0.1, 0.15) is 38.8 Å². The van der Waals surface area contributed by atoms with E-state index in [1.165, 1.54) is 6.42 Å². The van der Waals surface area contributed by atoms with E-state index in [4.69, 9.17) is 0 Å². The van der Waals surface area contributed by atoms with E-state index in [9.17, 15) is 4.79 Å². The summed E-state index contributed by atoms with van der Waals surface area (Å²) in [6, 6.07) is 4.00. The zero-order chi connectivity index (χ0) is 17.8. The number of aryl methyl sites for hydroxylation is 1. The molecule has 1 amide bonds. The fourth-order valence-electron chi connectivity index (χ4n) is 3.60. The Kier molecular flexibility index (Phi) is 5.51. The number of carbonyl (C=O) groups is 1. The van der Waals surface area contributed by atoms with Crippen molar-refractivity contribution in [2.75, 3.05) is 13.1 Å². The second-order valence-corrected chi connectivity index (χ2v) is 7.52. The summed E-state index contributed by atoms with van der Waals surface area (Å²) in [4.78, 5) is 23.2. The van der Waals surface area contributed by atoms with Crippen LogP contribution in [-0.4, -0.2) is 38.4 Å². The topological polar surface area (TPSA) is 51.0 Å². The van der Waals surface area contributed by atoms with Crippen molar-refractivity contribution < 1.29 is 4.79 Å². The van der Waals surface area contributed by atoms with Gasteiger partial charge in [-0.15, -0.1) is 0 Å². The Labute approximate surface area is 150 Å². The molecule has 0 saturated carbocycles. The predicted molar refractivity (Wildman–Crippen MR) is 99.0 cm³/mol. The molecular weight excluding hydrogens is 312 g/mol. The van der Waals surface area contributed by atoms with Gasteiger partial charge in [-0.25, -0.2) is 4.98 Å². The fraction of sp³-hybridized carbons (Fsp3) is 0.550. The number of likely N-dealkylation sites (tertiary alicyclic amines) is 1. The molecule has 1 saturated heterocycles. The van der Waals surface area contributed by atoms with Gasteiger partial charge in [0, 0.05) is 55.9 Å². The summed E-state index contributed by atoms with van der Waals surface area (Å²) in [5.74, 6) is 2.20. The van der Waals surface area contributed by atoms with Crippen LogP contribution in [0.5, 0.6) is 0 Å². The van der Waals surface area contributed by atoms with Crippen molar-refractivity contribution >= 4 is 5.91 Å². The van der Waals surface area contributed by atoms with E-state index in [0.717, 1.165) is 43.1 Å². The van der Waals surface area contributed by atoms with Gasteiger partial charge in [0.2, 0.25) is 5.91 Å². The number of hydrogen-bond acceptors (Lipinski definition) is 3. The van der Waals surface area contributed by atoms with Gasteiger partial charge in [0.05, 0.1) is 0 Å². The van der Waals surface area contributed by atoms with Crippen molar-refractivity contribution in [2.45, 2.75) is 46.6 Å². The zero-order valence-corrected chi connectivity index (χ0v) is 15.5. The number of amides is 1. The van der Waals surface area contributed by atoms with Gasteiger partial charge < -0.3 is 9.47 Å². The number of imidazole rings is 1. The molecule has 2 aromatic rings. The van der Waals surface area contributed by atoms with Crippen molar-refractivity contribution in [3.8, 4) is 11.4 Å². The molecular formula is C20H28N4O. The maximum absolute atomic E-state index is 12.4. The van der Waals surface area contributed by atoms with Gasteiger partial charge in [0.15, 0.2) is 0 Å². The predicted octanol–water partition coefficient (Wildman–Crippen LogP) is 3.54. The Morgan fingerprint density at radius 3 is 2.80 bits per heavy atom. The van der Waals surface area contributed by atoms with Gasteiger partial charge in [-0.2, -0.15) is 0 Å². The van der Waals surface area contributed by atoms with E-state index < -0.39 is 0 Å². The quantitative estimate of drug-likeness (QED) is 0.836. The van der Waals surface area contributed by atoms with Gasteiger partial charge in [-0.05, 0) is 43.7 Å². The van der Waals surface area contributed by atoms with E-state index >= 15 is 0 Å². The molecule has 0 spiro atoms. The highest BCUT2D eigenvalue weighted by molar-refractivity contribution is 5.76. The van der Waals surface area contributed by atoms with Gasteiger partial charge in [0.25, 0.3) is 0 Å². The first-order chi connectivity index (χ1) is 12.0. The van der Waals surface area contributed by atoms with Crippen LogP contribution in [0.4, 0.5) is 0 Å². The minimum Gasteiger partial charge on any atom is -0.342 e. The molecule has 0 aliphatic carbocycles. The molecule has 1 unspecified atom stereocenters. The molecule has 0 bridgehead atoms. The molecule has 3 heterocycles. The number of pyridine rings is 1. The largest absolute Gasteiger partial charge is 0.342 e. The third kappa shape index (κ3) is 4.27. The van der Waals surface area contributed by atoms with Gasteiger partial charge >= 0.3 is 0 Å². The van der Waals surface area contributed by atoms with Gasteiger partial charge in [-0.1, -0.05) is 13.8 Å². The van der Waals surface area contributed by atoms with Crippen LogP contribution >= 0.6 is 0 Å². The van der Waals surface area contributed by atoms with Crippen LogP contribution in [0, 0.1) is 18.8 Å². The number of hydrogen-bond donors (Lipinski definition) is 0. The molecule has 0 radical (unpaired) electrons. The van der Waals surface area contributed by atoms with Crippen LogP contribution in [0.2, 0.25) is 0 Å². The second kappa shape index (κ2) is 7.81. The number of rotatable bonds is 5. The normalized spacial score (nSPS) is 17.9. The summed E-state index contributed by atoms with van der Waals surface area (Å²) in [5.41, 5.74) is 2.25. The van der Waals surface area contributed by atoms with E-state index in [0.29, 0.717) is 24.2 Å². The van der Waals surface area contributed by atoms with Gasteiger partial charge in [-0.3, -0.25) is 9.78 Å². The lowest BCUT2D eigenvalue weighted by molar-refractivity contribution is -0.133. The smallest absolute Gasteiger partial charge is 0.222 e. The van der Waals surface area contributed by atoms with Crippen LogP contribution in [0.25, 0.3) is 11.4 Å². The van der Waals surface area contributed by atoms with Crippen LogP contribution < -0.4 is 0 Å². The molecule has 5 heteroatoms. The third-order valence-electron chi connectivity index (χ3n) is 4.89. The molecule has 1 atom stereocenters. The average molecular weight is 340 g/mol. The zero-order valence-electron chi connectivity index (χ0n) is 15.5. The van der Waals surface area contributed by atoms with Crippen molar-refractivity contribution in [3.63, 3.8) is 0 Å². The molecule has 0 aromatic carbocycles. The lowest BCUT2D eigenvalue weighted by Gasteiger charge is -2.34. The number of aromatic nitrogens is 3. The lowest BCUT2D eigenvalue weighted by Crippen LogP contribution is -2.41. The van der Waals surface area contributed by atoms with E-state index in [-0.39, 0.29) is 0 Å². The fourth-order valence-corrected chi connectivity index (χ4v) is 3.60. The average Bonchev–Trinajstić information content (AvgIpc) is 2.96. The first-order valence-electron chi connectivity index (χ1n) is 9.25. The summed E-state index contributed by atoms with van der Waals surface area (Å²) in [7, 11) is 0. The van der Waals surface area contributed by atoms with Gasteiger partial charge in [0.1, 0.15) is 5.82 Å². The molecule has 0 N–H and O–H groups in total. The SMILES string of the molecule is Cc1cnc(-c2ccncc2)n1CC1CCCN(C(=O)CC(C)C)C1. The summed E-state index contributed by atoms with van der Waals surface area (Å²) >= 11 is 0. The van der Waals surface area contributed by atoms with Crippen LogP contribution in [0.3, 0.4) is 0 Å². The first kappa shape index (κ1) is 17.6. The first-order valence-corrected chi connectivity index (χ1v) is 9.25. The third-order valence-corrected chi connectivity index (χ3v) is 4.89. The van der Waals surface area contributed by atoms with E-state index in [1.54, 1.807) is 12.4 Å².